The van der Waals surface area contributed by atoms with Crippen molar-refractivity contribution in [3.63, 3.8) is 0 Å². The Balaban J connectivity index is 1.34. The van der Waals surface area contributed by atoms with Crippen LogP contribution in [0.2, 0.25) is 0 Å². The van der Waals surface area contributed by atoms with Crippen LogP contribution in [0, 0.1) is 13.8 Å². The van der Waals surface area contributed by atoms with Gasteiger partial charge < -0.3 is 14.7 Å². The summed E-state index contributed by atoms with van der Waals surface area (Å²) >= 11 is 0. The van der Waals surface area contributed by atoms with Crippen molar-refractivity contribution in [3.05, 3.63) is 119 Å². The van der Waals surface area contributed by atoms with E-state index in [0.717, 1.165) is 39.1 Å². The predicted octanol–water partition coefficient (Wildman–Crippen LogP) is 7.08. The van der Waals surface area contributed by atoms with E-state index in [0.29, 0.717) is 16.8 Å². The van der Waals surface area contributed by atoms with E-state index >= 15 is 0 Å². The molecule has 0 aliphatic rings. The first-order chi connectivity index (χ1) is 18.0. The van der Waals surface area contributed by atoms with Crippen molar-refractivity contribution in [2.24, 2.45) is 4.99 Å². The highest BCUT2D eigenvalue weighted by Gasteiger charge is 2.14. The van der Waals surface area contributed by atoms with Gasteiger partial charge in [0.15, 0.2) is 0 Å². The second-order valence-electron chi connectivity index (χ2n) is 9.02. The predicted molar refractivity (Wildman–Crippen MR) is 147 cm³/mol. The normalized spacial score (nSPS) is 11.8. The molecule has 0 saturated heterocycles. The van der Waals surface area contributed by atoms with Crippen molar-refractivity contribution >= 4 is 39.3 Å². The number of nitrogens with one attached hydrogen (secondary N) is 2. The van der Waals surface area contributed by atoms with Crippen LogP contribution >= 0.6 is 0 Å². The molecule has 6 aromatic rings. The molecule has 0 unspecified atom stereocenters. The molecular formula is C31H24N4O2. The Labute approximate surface area is 213 Å². The lowest BCUT2D eigenvalue weighted by atomic mass is 10.1. The second-order valence-corrected chi connectivity index (χ2v) is 9.02. The van der Waals surface area contributed by atoms with Gasteiger partial charge >= 0.3 is 0 Å². The minimum absolute atomic E-state index is 0.262. The molecular weight excluding hydrogens is 460 g/mol. The van der Waals surface area contributed by atoms with Crippen LogP contribution in [0.1, 0.15) is 21.5 Å². The zero-order valence-electron chi connectivity index (χ0n) is 20.4. The van der Waals surface area contributed by atoms with Crippen molar-refractivity contribution in [2.45, 2.75) is 13.8 Å². The third-order valence-corrected chi connectivity index (χ3v) is 6.43. The molecule has 0 spiro atoms. The smallest absolute Gasteiger partial charge is 0.261 e. The highest BCUT2D eigenvalue weighted by molar-refractivity contribution is 6.05. The lowest BCUT2D eigenvalue weighted by Gasteiger charge is -2.08. The number of fused-ring (bicyclic) bond motifs is 2. The van der Waals surface area contributed by atoms with Crippen molar-refractivity contribution in [1.29, 1.82) is 0 Å². The van der Waals surface area contributed by atoms with Crippen LogP contribution in [-0.2, 0) is 0 Å². The summed E-state index contributed by atoms with van der Waals surface area (Å²) in [6, 6.07) is 30.8. The summed E-state index contributed by atoms with van der Waals surface area (Å²) in [4.78, 5) is 26.1. The highest BCUT2D eigenvalue weighted by atomic mass is 16.3. The van der Waals surface area contributed by atoms with Gasteiger partial charge in [-0.3, -0.25) is 4.79 Å². The van der Waals surface area contributed by atoms with E-state index in [1.54, 1.807) is 0 Å². The molecule has 0 fully saturated rings. The molecule has 0 radical (unpaired) electrons. The molecule has 0 aliphatic carbocycles. The first-order valence-electron chi connectivity index (χ1n) is 12.0. The van der Waals surface area contributed by atoms with E-state index in [-0.39, 0.29) is 11.5 Å². The summed E-state index contributed by atoms with van der Waals surface area (Å²) in [5.74, 6) is 0.482. The number of amides is 1. The Morgan fingerprint density at radius 1 is 0.865 bits per heavy atom. The highest BCUT2D eigenvalue weighted by Crippen LogP contribution is 2.23. The third kappa shape index (κ3) is 4.52. The SMILES string of the molecule is Cc1ccc(N=c2oc3ccccc3cc2C(=O)Nc2ccc(-c3nc4ccccc4[nH]3)cc2)cc1C. The van der Waals surface area contributed by atoms with Gasteiger partial charge in [0, 0.05) is 16.6 Å². The van der Waals surface area contributed by atoms with Gasteiger partial charge in [-0.15, -0.1) is 0 Å². The molecule has 6 nitrogen and oxygen atoms in total. The number of imidazole rings is 1. The van der Waals surface area contributed by atoms with Crippen molar-refractivity contribution in [3.8, 4) is 11.4 Å². The maximum Gasteiger partial charge on any atom is 0.261 e. The maximum atomic E-state index is 13.4. The Bertz CT molecular complexity index is 1810. The van der Waals surface area contributed by atoms with E-state index in [2.05, 4.69) is 22.2 Å². The molecule has 2 heterocycles. The van der Waals surface area contributed by atoms with Crippen LogP contribution in [0.3, 0.4) is 0 Å². The number of nitrogens with zero attached hydrogens (tertiary/aromatic N) is 2. The van der Waals surface area contributed by atoms with Crippen LogP contribution in [0.4, 0.5) is 11.4 Å². The molecule has 37 heavy (non-hydrogen) atoms. The van der Waals surface area contributed by atoms with Gasteiger partial charge in [0.25, 0.3) is 5.91 Å². The Kier molecular flexibility index (Phi) is 5.62. The van der Waals surface area contributed by atoms with Gasteiger partial charge in [0.1, 0.15) is 17.0 Å². The number of hydrogen-bond donors (Lipinski definition) is 2. The maximum absolute atomic E-state index is 13.4. The van der Waals surface area contributed by atoms with Gasteiger partial charge in [-0.05, 0) is 85.6 Å². The summed E-state index contributed by atoms with van der Waals surface area (Å²) in [5, 5.41) is 3.81. The van der Waals surface area contributed by atoms with Crippen LogP contribution in [0.25, 0.3) is 33.4 Å². The van der Waals surface area contributed by atoms with Gasteiger partial charge in [-0.25, -0.2) is 9.98 Å². The second kappa shape index (κ2) is 9.24. The zero-order valence-corrected chi connectivity index (χ0v) is 20.4. The van der Waals surface area contributed by atoms with Crippen molar-refractivity contribution < 1.29 is 9.21 Å². The first-order valence-corrected chi connectivity index (χ1v) is 12.0. The molecule has 4 aromatic carbocycles. The lowest BCUT2D eigenvalue weighted by Crippen LogP contribution is -2.21. The first kappa shape index (κ1) is 22.5. The largest absolute Gasteiger partial charge is 0.438 e. The number of hydrogen-bond acceptors (Lipinski definition) is 4. The number of carbonyl (C=O) groups excluding carboxylic acids is 1. The number of para-hydroxylation sites is 3. The number of aromatic amines is 1. The van der Waals surface area contributed by atoms with E-state index in [4.69, 9.17) is 9.41 Å². The third-order valence-electron chi connectivity index (χ3n) is 6.43. The number of H-pyrrole nitrogens is 1. The summed E-state index contributed by atoms with van der Waals surface area (Å²) in [7, 11) is 0. The topological polar surface area (TPSA) is 83.3 Å². The van der Waals surface area contributed by atoms with Crippen molar-refractivity contribution in [2.75, 3.05) is 5.32 Å². The zero-order chi connectivity index (χ0) is 25.4. The standard InChI is InChI=1S/C31H24N4O2/c1-19-11-14-24(17-20(19)2)33-31-25(18-22-7-3-6-10-28(22)37-31)30(36)32-23-15-12-21(13-16-23)29-34-26-8-4-5-9-27(26)35-29/h3-18H,1-2H3,(H,32,36)(H,34,35). The van der Waals surface area contributed by atoms with E-state index in [1.165, 1.54) is 5.56 Å². The van der Waals surface area contributed by atoms with Gasteiger partial charge in [0.2, 0.25) is 5.55 Å². The molecule has 2 aromatic heterocycles. The number of benzene rings is 4. The average molecular weight is 485 g/mol. The molecule has 0 saturated carbocycles. The number of aryl methyl sites for hydroxylation is 2. The monoisotopic (exact) mass is 484 g/mol. The van der Waals surface area contributed by atoms with Crippen LogP contribution < -0.4 is 10.9 Å². The van der Waals surface area contributed by atoms with E-state index in [1.807, 2.05) is 104 Å². The Morgan fingerprint density at radius 3 is 2.46 bits per heavy atom. The molecule has 0 aliphatic heterocycles. The number of rotatable bonds is 4. The summed E-state index contributed by atoms with van der Waals surface area (Å²) in [6.07, 6.45) is 0. The lowest BCUT2D eigenvalue weighted by molar-refractivity contribution is 0.102. The molecule has 6 rings (SSSR count). The van der Waals surface area contributed by atoms with Gasteiger partial charge in [0.05, 0.1) is 16.7 Å². The van der Waals surface area contributed by atoms with Gasteiger partial charge in [-0.2, -0.15) is 0 Å². The molecule has 180 valence electrons. The average Bonchev–Trinajstić information content (AvgIpc) is 3.35. The molecule has 0 atom stereocenters. The Morgan fingerprint density at radius 2 is 1.65 bits per heavy atom. The molecule has 1 amide bonds. The fourth-order valence-corrected chi connectivity index (χ4v) is 4.23. The number of aromatic nitrogens is 2. The molecule has 0 bridgehead atoms. The number of anilines is 1. The van der Waals surface area contributed by atoms with E-state index < -0.39 is 0 Å². The number of carbonyl (C=O) groups is 1. The molecule has 6 heteroatoms. The van der Waals surface area contributed by atoms with E-state index in [9.17, 15) is 4.79 Å². The summed E-state index contributed by atoms with van der Waals surface area (Å²) < 4.78 is 6.09. The van der Waals surface area contributed by atoms with Crippen molar-refractivity contribution in [1.82, 2.24) is 9.97 Å². The van der Waals surface area contributed by atoms with Crippen LogP contribution in [-0.4, -0.2) is 15.9 Å². The van der Waals surface area contributed by atoms with Crippen LogP contribution in [0.5, 0.6) is 0 Å². The quantitative estimate of drug-likeness (QED) is 0.280. The summed E-state index contributed by atoms with van der Waals surface area (Å²) in [6.45, 7) is 4.09. The minimum atomic E-state index is -0.298. The fraction of sp³-hybridized carbons (Fsp3) is 0.0645. The van der Waals surface area contributed by atoms with Crippen LogP contribution in [0.15, 0.2) is 106 Å². The van der Waals surface area contributed by atoms with Gasteiger partial charge in [-0.1, -0.05) is 36.4 Å². The minimum Gasteiger partial charge on any atom is -0.438 e. The molecule has 2 N–H and O–H groups in total. The fourth-order valence-electron chi connectivity index (χ4n) is 4.23. The summed E-state index contributed by atoms with van der Waals surface area (Å²) in [5.41, 5.74) is 7.80. The Hall–Kier alpha value is -4.97.